The molecule has 0 aromatic heterocycles. The van der Waals surface area contributed by atoms with E-state index in [2.05, 4.69) is 30.4 Å². The Morgan fingerprint density at radius 1 is 1.25 bits per heavy atom. The van der Waals surface area contributed by atoms with Crippen LogP contribution in [0.15, 0.2) is 48.2 Å². The van der Waals surface area contributed by atoms with E-state index in [4.69, 9.17) is 15.9 Å². The van der Waals surface area contributed by atoms with Gasteiger partial charge in [-0.1, -0.05) is 23.4 Å². The van der Waals surface area contributed by atoms with Crippen LogP contribution in [0.4, 0.5) is 0 Å². The van der Waals surface area contributed by atoms with Crippen molar-refractivity contribution in [1.29, 1.82) is 0 Å². The molecule has 3 nitrogen and oxygen atoms in total. The van der Waals surface area contributed by atoms with Crippen molar-refractivity contribution < 1.29 is 42.2 Å². The maximum atomic E-state index is 5.68. The van der Waals surface area contributed by atoms with Gasteiger partial charge in [0.15, 0.2) is 0 Å². The Kier molecular flexibility index (Phi) is 9.07. The van der Waals surface area contributed by atoms with E-state index in [9.17, 15) is 0 Å². The normalized spacial score (nSPS) is 13.5. The first-order valence-corrected chi connectivity index (χ1v) is 7.70. The monoisotopic (exact) mass is 397 g/mol. The van der Waals surface area contributed by atoms with E-state index in [0.29, 0.717) is 13.2 Å². The summed E-state index contributed by atoms with van der Waals surface area (Å²) >= 11 is 0. The molecule has 123 valence electrons. The standard InChI is InChI=1S/C20H22NO2.Y/c1-5-17-10-13-20(21(6-2)16(17)3)18-8-11-19(12-9-18)23-15-7-14-22-4;/h1,8-12H,3,6-7,14-15H2,2,4H3;/q-1;. The molecule has 0 spiro atoms. The predicted octanol–water partition coefficient (Wildman–Crippen LogP) is 3.65. The Hall–Kier alpha value is -1.34. The molecule has 0 amide bonds. The van der Waals surface area contributed by atoms with Gasteiger partial charge in [-0.15, -0.1) is 24.5 Å². The van der Waals surface area contributed by atoms with Crippen LogP contribution in [0.5, 0.6) is 5.75 Å². The summed E-state index contributed by atoms with van der Waals surface area (Å²) in [7, 11) is 1.69. The molecule has 1 radical (unpaired) electrons. The van der Waals surface area contributed by atoms with Gasteiger partial charge in [-0.25, -0.2) is 0 Å². The Bertz CT molecular complexity index is 653. The van der Waals surface area contributed by atoms with Crippen LogP contribution in [-0.2, 0) is 37.4 Å². The second-order valence-corrected chi connectivity index (χ2v) is 5.11. The summed E-state index contributed by atoms with van der Waals surface area (Å²) in [5, 5.41) is 0. The van der Waals surface area contributed by atoms with Crippen molar-refractivity contribution >= 4 is 5.70 Å². The molecule has 0 N–H and O–H groups in total. The zero-order chi connectivity index (χ0) is 16.7. The van der Waals surface area contributed by atoms with Crippen molar-refractivity contribution in [2.45, 2.75) is 13.3 Å². The molecule has 1 aliphatic rings. The third kappa shape index (κ3) is 5.08. The first-order chi connectivity index (χ1) is 11.2. The molecule has 0 bridgehead atoms. The van der Waals surface area contributed by atoms with E-state index in [1.165, 1.54) is 0 Å². The van der Waals surface area contributed by atoms with Crippen molar-refractivity contribution in [3.63, 3.8) is 0 Å². The fourth-order valence-electron chi connectivity index (χ4n) is 2.40. The van der Waals surface area contributed by atoms with E-state index in [1.807, 2.05) is 30.3 Å². The summed E-state index contributed by atoms with van der Waals surface area (Å²) in [6, 6.07) is 7.99. The maximum absolute atomic E-state index is 5.68. The number of hydrogen-bond acceptors (Lipinski definition) is 3. The van der Waals surface area contributed by atoms with E-state index in [0.717, 1.165) is 41.2 Å². The average Bonchev–Trinajstić information content (AvgIpc) is 2.59. The molecule has 4 heteroatoms. The van der Waals surface area contributed by atoms with Crippen LogP contribution in [0, 0.1) is 18.4 Å². The number of rotatable bonds is 7. The van der Waals surface area contributed by atoms with Gasteiger partial charge in [-0.3, -0.25) is 0 Å². The first-order valence-electron chi connectivity index (χ1n) is 7.70. The minimum atomic E-state index is 0. The molecule has 2 rings (SSSR count). The number of hydrogen-bond donors (Lipinski definition) is 0. The van der Waals surface area contributed by atoms with Gasteiger partial charge in [-0.05, 0) is 24.8 Å². The zero-order valence-corrected chi connectivity index (χ0v) is 17.2. The molecule has 0 saturated heterocycles. The van der Waals surface area contributed by atoms with Gasteiger partial charge in [0.1, 0.15) is 5.75 Å². The van der Waals surface area contributed by atoms with Crippen LogP contribution >= 0.6 is 0 Å². The van der Waals surface area contributed by atoms with Crippen LogP contribution in [0.25, 0.3) is 5.70 Å². The van der Waals surface area contributed by atoms with Gasteiger partial charge < -0.3 is 14.4 Å². The number of ether oxygens (including phenoxy) is 2. The Balaban J connectivity index is 0.00000288. The number of terminal acetylenes is 1. The van der Waals surface area contributed by atoms with Crippen LogP contribution in [0.3, 0.4) is 0 Å². The van der Waals surface area contributed by atoms with Crippen LogP contribution < -0.4 is 4.74 Å². The van der Waals surface area contributed by atoms with E-state index in [1.54, 1.807) is 7.11 Å². The molecule has 0 aliphatic carbocycles. The van der Waals surface area contributed by atoms with Crippen LogP contribution in [0.1, 0.15) is 18.9 Å². The Morgan fingerprint density at radius 3 is 2.54 bits per heavy atom. The second-order valence-electron chi connectivity index (χ2n) is 5.11. The predicted molar refractivity (Wildman–Crippen MR) is 93.5 cm³/mol. The third-order valence-corrected chi connectivity index (χ3v) is 3.62. The molecular formula is C20H22NO2Y-. The molecule has 0 saturated carbocycles. The quantitative estimate of drug-likeness (QED) is 0.398. The fourth-order valence-corrected chi connectivity index (χ4v) is 2.40. The molecule has 1 aliphatic heterocycles. The minimum absolute atomic E-state index is 0. The van der Waals surface area contributed by atoms with Crippen LogP contribution in [-0.4, -0.2) is 31.8 Å². The maximum Gasteiger partial charge on any atom is 0.117 e. The first kappa shape index (κ1) is 20.7. The summed E-state index contributed by atoms with van der Waals surface area (Å²) in [5.74, 6) is 3.50. The Labute approximate surface area is 170 Å². The van der Waals surface area contributed by atoms with Crippen molar-refractivity contribution in [2.24, 2.45) is 0 Å². The summed E-state index contributed by atoms with van der Waals surface area (Å²) < 4.78 is 10.7. The number of nitrogens with zero attached hydrogens (tertiary/aromatic N) is 1. The van der Waals surface area contributed by atoms with Gasteiger partial charge in [0.2, 0.25) is 0 Å². The summed E-state index contributed by atoms with van der Waals surface area (Å²) in [4.78, 5) is 2.07. The van der Waals surface area contributed by atoms with Crippen molar-refractivity contribution in [3.05, 3.63) is 59.8 Å². The van der Waals surface area contributed by atoms with Crippen molar-refractivity contribution in [3.8, 4) is 18.1 Å². The Morgan fingerprint density at radius 2 is 1.96 bits per heavy atom. The third-order valence-electron chi connectivity index (χ3n) is 3.62. The van der Waals surface area contributed by atoms with Gasteiger partial charge in [0.25, 0.3) is 0 Å². The smallest absolute Gasteiger partial charge is 0.117 e. The SMILES string of the molecule is C#CC1=C[C-]=C(c2ccc(OCCCOC)cc2)N(CC)C1=C.[Y]. The van der Waals surface area contributed by atoms with Crippen molar-refractivity contribution in [2.75, 3.05) is 26.9 Å². The second kappa shape index (κ2) is 10.5. The number of benzene rings is 1. The summed E-state index contributed by atoms with van der Waals surface area (Å²) in [5.41, 5.74) is 3.64. The largest absolute Gasteiger partial charge is 0.494 e. The van der Waals surface area contributed by atoms with E-state index >= 15 is 0 Å². The number of likely N-dealkylation sites (N-methyl/N-ethyl adjacent to an activating group) is 1. The molecule has 0 unspecified atom stereocenters. The fraction of sp³-hybridized carbons (Fsp3) is 0.300. The van der Waals surface area contributed by atoms with E-state index < -0.39 is 0 Å². The minimum Gasteiger partial charge on any atom is -0.494 e. The molecule has 1 heterocycles. The topological polar surface area (TPSA) is 21.7 Å². The molecular weight excluding hydrogens is 375 g/mol. The van der Waals surface area contributed by atoms with Gasteiger partial charge in [-0.2, -0.15) is 12.2 Å². The van der Waals surface area contributed by atoms with Crippen LogP contribution in [0.2, 0.25) is 0 Å². The number of allylic oxidation sites excluding steroid dienone is 3. The molecule has 0 fully saturated rings. The van der Waals surface area contributed by atoms with Crippen molar-refractivity contribution in [1.82, 2.24) is 4.90 Å². The summed E-state index contributed by atoms with van der Waals surface area (Å²) in [6.45, 7) is 8.30. The van der Waals surface area contributed by atoms with Gasteiger partial charge >= 0.3 is 0 Å². The van der Waals surface area contributed by atoms with Gasteiger partial charge in [0.05, 0.1) is 6.61 Å². The molecule has 0 atom stereocenters. The molecule has 1 aromatic carbocycles. The molecule has 24 heavy (non-hydrogen) atoms. The average molecular weight is 397 g/mol. The molecule has 1 aromatic rings. The van der Waals surface area contributed by atoms with Gasteiger partial charge in [0, 0.05) is 59.4 Å². The van der Waals surface area contributed by atoms with E-state index in [-0.39, 0.29) is 32.7 Å². The zero-order valence-electron chi connectivity index (χ0n) is 14.3. The summed E-state index contributed by atoms with van der Waals surface area (Å²) in [6.07, 6.45) is 11.5. The number of methoxy groups -OCH3 is 1.